The van der Waals surface area contributed by atoms with Crippen molar-refractivity contribution in [2.24, 2.45) is 5.10 Å². The van der Waals surface area contributed by atoms with Gasteiger partial charge in [0, 0.05) is 27.6 Å². The first kappa shape index (κ1) is 16.3. The number of benzene rings is 1. The summed E-state index contributed by atoms with van der Waals surface area (Å²) in [7, 11) is 0. The van der Waals surface area contributed by atoms with E-state index in [0.29, 0.717) is 16.4 Å². The minimum absolute atomic E-state index is 0.0467. The number of hydrogen-bond donors (Lipinski definition) is 1. The molecule has 3 aromatic rings. The lowest BCUT2D eigenvalue weighted by Gasteiger charge is -2.02. The number of non-ortho nitro benzene ring substituents is 1. The van der Waals surface area contributed by atoms with Crippen LogP contribution < -0.4 is 5.43 Å². The second-order valence-electron chi connectivity index (χ2n) is 5.02. The van der Waals surface area contributed by atoms with E-state index in [1.54, 1.807) is 11.3 Å². The van der Waals surface area contributed by atoms with Gasteiger partial charge in [-0.15, -0.1) is 11.3 Å². The third-order valence-corrected chi connectivity index (χ3v) is 4.99. The van der Waals surface area contributed by atoms with Gasteiger partial charge in [-0.25, -0.2) is 9.97 Å². The number of nitrogens with one attached hydrogen (secondary N) is 1. The minimum atomic E-state index is -0.480. The predicted octanol–water partition coefficient (Wildman–Crippen LogP) is 4.32. The lowest BCUT2D eigenvalue weighted by atomic mass is 10.2. The SMILES string of the molecule is Cc1sc2ncnc(N/N=C/c3cc([N+](=O)[O-])ccc3Cl)c2c1C. The summed E-state index contributed by atoms with van der Waals surface area (Å²) in [5, 5.41) is 16.2. The first-order chi connectivity index (χ1) is 11.5. The maximum absolute atomic E-state index is 10.8. The van der Waals surface area contributed by atoms with Gasteiger partial charge < -0.3 is 0 Å². The highest BCUT2D eigenvalue weighted by molar-refractivity contribution is 7.18. The molecule has 0 bridgehead atoms. The van der Waals surface area contributed by atoms with Crippen LogP contribution in [-0.2, 0) is 0 Å². The maximum Gasteiger partial charge on any atom is 0.270 e. The van der Waals surface area contributed by atoms with E-state index in [2.05, 4.69) is 20.5 Å². The molecule has 0 saturated carbocycles. The van der Waals surface area contributed by atoms with Crippen molar-refractivity contribution < 1.29 is 4.92 Å². The Bertz CT molecular complexity index is 970. The van der Waals surface area contributed by atoms with Gasteiger partial charge in [0.15, 0.2) is 5.82 Å². The Kier molecular flexibility index (Phi) is 4.41. The van der Waals surface area contributed by atoms with E-state index in [0.717, 1.165) is 15.8 Å². The topological polar surface area (TPSA) is 93.3 Å². The summed E-state index contributed by atoms with van der Waals surface area (Å²) < 4.78 is 0. The number of halogens is 1. The normalized spacial score (nSPS) is 11.3. The van der Waals surface area contributed by atoms with Crippen molar-refractivity contribution in [3.63, 3.8) is 0 Å². The molecule has 0 saturated heterocycles. The van der Waals surface area contributed by atoms with E-state index in [1.165, 1.54) is 35.6 Å². The predicted molar refractivity (Wildman–Crippen MR) is 96.2 cm³/mol. The lowest BCUT2D eigenvalue weighted by Crippen LogP contribution is -1.96. The summed E-state index contributed by atoms with van der Waals surface area (Å²) in [5.41, 5.74) is 4.36. The van der Waals surface area contributed by atoms with Crippen molar-refractivity contribution in [1.82, 2.24) is 9.97 Å². The van der Waals surface area contributed by atoms with Crippen LogP contribution in [0.15, 0.2) is 29.6 Å². The number of hydrogen-bond acceptors (Lipinski definition) is 7. The second-order valence-corrected chi connectivity index (χ2v) is 6.63. The van der Waals surface area contributed by atoms with Gasteiger partial charge in [-0.1, -0.05) is 11.6 Å². The Morgan fingerprint density at radius 1 is 1.38 bits per heavy atom. The molecule has 0 atom stereocenters. The summed E-state index contributed by atoms with van der Waals surface area (Å²) in [6.07, 6.45) is 2.90. The van der Waals surface area contributed by atoms with Gasteiger partial charge >= 0.3 is 0 Å². The number of hydrazone groups is 1. The van der Waals surface area contributed by atoms with Crippen LogP contribution in [0.25, 0.3) is 10.2 Å². The monoisotopic (exact) mass is 361 g/mol. The molecule has 122 valence electrons. The van der Waals surface area contributed by atoms with Crippen LogP contribution in [0, 0.1) is 24.0 Å². The van der Waals surface area contributed by atoms with Crippen LogP contribution in [0.2, 0.25) is 5.02 Å². The third kappa shape index (κ3) is 3.06. The Labute approximate surface area is 146 Å². The Hall–Kier alpha value is -2.58. The largest absolute Gasteiger partial charge is 0.270 e. The first-order valence-corrected chi connectivity index (χ1v) is 8.10. The minimum Gasteiger partial charge on any atom is -0.261 e. The molecule has 2 heterocycles. The molecule has 0 aliphatic heterocycles. The molecule has 0 radical (unpaired) electrons. The highest BCUT2D eigenvalue weighted by Crippen LogP contribution is 2.32. The van der Waals surface area contributed by atoms with Crippen molar-refractivity contribution in [2.75, 3.05) is 5.43 Å². The van der Waals surface area contributed by atoms with Gasteiger partial charge in [0.2, 0.25) is 0 Å². The van der Waals surface area contributed by atoms with Crippen molar-refractivity contribution in [3.8, 4) is 0 Å². The van der Waals surface area contributed by atoms with Gasteiger partial charge in [-0.3, -0.25) is 15.5 Å². The first-order valence-electron chi connectivity index (χ1n) is 6.91. The summed E-state index contributed by atoms with van der Waals surface area (Å²) in [5.74, 6) is 0.583. The molecule has 0 spiro atoms. The molecule has 3 rings (SSSR count). The fourth-order valence-corrected chi connectivity index (χ4v) is 3.34. The number of fused-ring (bicyclic) bond motifs is 1. The van der Waals surface area contributed by atoms with E-state index in [-0.39, 0.29) is 5.69 Å². The molecule has 0 unspecified atom stereocenters. The van der Waals surface area contributed by atoms with Crippen molar-refractivity contribution in [2.45, 2.75) is 13.8 Å². The molecular formula is C15H12ClN5O2S. The molecule has 1 aromatic carbocycles. The second kappa shape index (κ2) is 6.50. The number of anilines is 1. The molecule has 0 amide bonds. The standard InChI is InChI=1S/C15H12ClN5O2S/c1-8-9(2)24-15-13(8)14(17-7-18-15)20-19-6-10-5-11(21(22)23)3-4-12(10)16/h3-7H,1-2H3,(H,17,18,20)/b19-6+. The van der Waals surface area contributed by atoms with Gasteiger partial charge in [-0.2, -0.15) is 5.10 Å². The number of nitro groups is 1. The number of thiophene rings is 1. The fraction of sp³-hybridized carbons (Fsp3) is 0.133. The van der Waals surface area contributed by atoms with E-state index in [4.69, 9.17) is 11.6 Å². The molecule has 2 aromatic heterocycles. The van der Waals surface area contributed by atoms with Gasteiger partial charge in [-0.05, 0) is 25.5 Å². The Morgan fingerprint density at radius 2 is 2.17 bits per heavy atom. The summed E-state index contributed by atoms with van der Waals surface area (Å²) in [6, 6.07) is 4.18. The van der Waals surface area contributed by atoms with E-state index < -0.39 is 4.92 Å². The molecule has 9 heteroatoms. The van der Waals surface area contributed by atoms with Crippen LogP contribution in [0.5, 0.6) is 0 Å². The summed E-state index contributed by atoms with van der Waals surface area (Å²) in [6.45, 7) is 4.03. The molecule has 0 aliphatic rings. The molecule has 0 fully saturated rings. The van der Waals surface area contributed by atoms with Crippen LogP contribution in [-0.4, -0.2) is 21.1 Å². The molecule has 7 nitrogen and oxygen atoms in total. The van der Waals surface area contributed by atoms with Crippen molar-refractivity contribution >= 4 is 50.9 Å². The Morgan fingerprint density at radius 3 is 2.92 bits per heavy atom. The summed E-state index contributed by atoms with van der Waals surface area (Å²) in [4.78, 5) is 20.9. The highest BCUT2D eigenvalue weighted by Gasteiger charge is 2.11. The fourth-order valence-electron chi connectivity index (χ4n) is 2.17. The molecule has 1 N–H and O–H groups in total. The zero-order chi connectivity index (χ0) is 17.3. The molecule has 24 heavy (non-hydrogen) atoms. The van der Waals surface area contributed by atoms with Crippen LogP contribution in [0.4, 0.5) is 11.5 Å². The maximum atomic E-state index is 10.8. The molecule has 0 aliphatic carbocycles. The average Bonchev–Trinajstić information content (AvgIpc) is 2.84. The van der Waals surface area contributed by atoms with Crippen LogP contribution >= 0.6 is 22.9 Å². The van der Waals surface area contributed by atoms with E-state index in [9.17, 15) is 10.1 Å². The molecular weight excluding hydrogens is 350 g/mol. The highest BCUT2D eigenvalue weighted by atomic mass is 35.5. The summed E-state index contributed by atoms with van der Waals surface area (Å²) >= 11 is 7.63. The number of nitrogens with zero attached hydrogens (tertiary/aromatic N) is 4. The zero-order valence-corrected chi connectivity index (χ0v) is 14.4. The number of aryl methyl sites for hydroxylation is 2. The number of rotatable bonds is 4. The van der Waals surface area contributed by atoms with Gasteiger partial charge in [0.1, 0.15) is 11.2 Å². The van der Waals surface area contributed by atoms with Crippen molar-refractivity contribution in [3.05, 3.63) is 55.7 Å². The third-order valence-electron chi connectivity index (χ3n) is 3.53. The van der Waals surface area contributed by atoms with E-state index >= 15 is 0 Å². The lowest BCUT2D eigenvalue weighted by molar-refractivity contribution is -0.384. The van der Waals surface area contributed by atoms with Crippen LogP contribution in [0.1, 0.15) is 16.0 Å². The Balaban J connectivity index is 1.90. The zero-order valence-electron chi connectivity index (χ0n) is 12.8. The number of nitro benzene ring substituents is 1. The van der Waals surface area contributed by atoms with Crippen LogP contribution in [0.3, 0.4) is 0 Å². The quantitative estimate of drug-likeness (QED) is 0.424. The van der Waals surface area contributed by atoms with Crippen molar-refractivity contribution in [1.29, 1.82) is 0 Å². The smallest absolute Gasteiger partial charge is 0.261 e. The number of aromatic nitrogens is 2. The van der Waals surface area contributed by atoms with E-state index in [1.807, 2.05) is 13.8 Å². The average molecular weight is 362 g/mol. The van der Waals surface area contributed by atoms with Gasteiger partial charge in [0.05, 0.1) is 16.5 Å². The van der Waals surface area contributed by atoms with Gasteiger partial charge in [0.25, 0.3) is 5.69 Å².